The predicted molar refractivity (Wildman–Crippen MR) is 48.7 cm³/mol. The predicted octanol–water partition coefficient (Wildman–Crippen LogP) is -0.0938. The summed E-state index contributed by atoms with van der Waals surface area (Å²) in [4.78, 5) is 29.1. The summed E-state index contributed by atoms with van der Waals surface area (Å²) in [6.45, 7) is 0. The summed E-state index contributed by atoms with van der Waals surface area (Å²) in [5, 5.41) is 1.91. The van der Waals surface area contributed by atoms with Crippen LogP contribution in [0.5, 0.6) is 0 Å². The molecule has 0 aliphatic heterocycles. The van der Waals surface area contributed by atoms with Crippen LogP contribution in [-0.2, 0) is 0 Å². The number of aromatic nitrogens is 2. The summed E-state index contributed by atoms with van der Waals surface area (Å²) in [5.74, 6) is -0.342. The Labute approximate surface area is 80.0 Å². The monoisotopic (exact) mass is 197 g/mol. The van der Waals surface area contributed by atoms with Crippen LogP contribution in [0, 0.1) is 0 Å². The number of nitrogens with zero attached hydrogens (tertiary/aromatic N) is 2. The van der Waals surface area contributed by atoms with E-state index in [-0.39, 0.29) is 17.3 Å². The molecule has 5 nitrogen and oxygen atoms in total. The Morgan fingerprint density at radius 1 is 1.31 bits per heavy atom. The second-order valence-electron chi connectivity index (χ2n) is 2.17. The zero-order chi connectivity index (χ0) is 9.84. The molecule has 0 bridgehead atoms. The molecule has 1 rings (SSSR count). The number of hydrogen-bond donors (Lipinski definition) is 2. The van der Waals surface area contributed by atoms with Crippen LogP contribution in [0.3, 0.4) is 0 Å². The van der Waals surface area contributed by atoms with Crippen LogP contribution in [0.1, 0.15) is 21.0 Å². The number of amides is 1. The van der Waals surface area contributed by atoms with Crippen molar-refractivity contribution in [1.82, 2.24) is 15.3 Å². The second-order valence-corrected chi connectivity index (χ2v) is 2.58. The van der Waals surface area contributed by atoms with Crippen LogP contribution in [0.4, 0.5) is 0 Å². The number of carbonyl (C=O) groups excluding carboxylic acids is 2. The Kier molecular flexibility index (Phi) is 2.97. The maximum atomic E-state index is 11.0. The largest absolute Gasteiger partial charge is 0.354 e. The summed E-state index contributed by atoms with van der Waals surface area (Å²) in [5.41, 5.74) is 0.289. The summed E-state index contributed by atoms with van der Waals surface area (Å²) in [6.07, 6.45) is 2.43. The van der Waals surface area contributed by atoms with Crippen LogP contribution in [-0.4, -0.2) is 28.0 Å². The SMILES string of the molecule is CNC(=O)c1cnc(C(=O)S)cn1. The van der Waals surface area contributed by atoms with Crippen molar-refractivity contribution in [2.24, 2.45) is 0 Å². The number of thiol groups is 1. The lowest BCUT2D eigenvalue weighted by atomic mass is 10.4. The molecule has 1 heterocycles. The molecule has 0 radical (unpaired) electrons. The van der Waals surface area contributed by atoms with Gasteiger partial charge in [-0.3, -0.25) is 9.59 Å². The first kappa shape index (κ1) is 9.66. The van der Waals surface area contributed by atoms with Gasteiger partial charge < -0.3 is 5.32 Å². The van der Waals surface area contributed by atoms with E-state index in [1.165, 1.54) is 19.4 Å². The first-order chi connectivity index (χ1) is 6.15. The quantitative estimate of drug-likeness (QED) is 0.650. The molecule has 0 fully saturated rings. The lowest BCUT2D eigenvalue weighted by Crippen LogP contribution is -2.19. The molecule has 1 aromatic heterocycles. The normalized spacial score (nSPS) is 9.38. The first-order valence-electron chi connectivity index (χ1n) is 3.42. The van der Waals surface area contributed by atoms with Gasteiger partial charge in [-0.05, 0) is 0 Å². The van der Waals surface area contributed by atoms with Gasteiger partial charge in [0.15, 0.2) is 0 Å². The molecular weight excluding hydrogens is 190 g/mol. The second kappa shape index (κ2) is 3.99. The van der Waals surface area contributed by atoms with Crippen molar-refractivity contribution in [2.75, 3.05) is 7.05 Å². The van der Waals surface area contributed by atoms with Gasteiger partial charge in [-0.2, -0.15) is 0 Å². The average molecular weight is 197 g/mol. The van der Waals surface area contributed by atoms with Gasteiger partial charge >= 0.3 is 0 Å². The highest BCUT2D eigenvalue weighted by Gasteiger charge is 2.07. The minimum Gasteiger partial charge on any atom is -0.354 e. The fourth-order valence-corrected chi connectivity index (χ4v) is 0.799. The highest BCUT2D eigenvalue weighted by Crippen LogP contribution is 1.98. The van der Waals surface area contributed by atoms with Gasteiger partial charge in [-0.1, -0.05) is 12.6 Å². The number of rotatable bonds is 2. The van der Waals surface area contributed by atoms with Gasteiger partial charge in [-0.15, -0.1) is 0 Å². The molecule has 0 aliphatic rings. The minimum absolute atomic E-state index is 0.121. The molecule has 6 heteroatoms. The topological polar surface area (TPSA) is 72.0 Å². The molecule has 68 valence electrons. The molecule has 0 spiro atoms. The fourth-order valence-electron chi connectivity index (χ4n) is 0.684. The third kappa shape index (κ3) is 2.25. The highest BCUT2D eigenvalue weighted by atomic mass is 32.1. The maximum absolute atomic E-state index is 11.0. The molecule has 1 N–H and O–H groups in total. The molecule has 0 aromatic carbocycles. The summed E-state index contributed by atoms with van der Waals surface area (Å²) < 4.78 is 0. The van der Waals surface area contributed by atoms with E-state index in [0.717, 1.165) is 0 Å². The van der Waals surface area contributed by atoms with Crippen LogP contribution in [0.2, 0.25) is 0 Å². The molecular formula is C7H7N3O2S. The lowest BCUT2D eigenvalue weighted by Gasteiger charge is -1.97. The average Bonchev–Trinajstić information content (AvgIpc) is 2.17. The minimum atomic E-state index is -0.476. The Bertz CT molecular complexity index is 336. The van der Waals surface area contributed by atoms with E-state index < -0.39 is 5.12 Å². The standard InChI is InChI=1S/C7H7N3O2S/c1-8-6(11)4-2-10-5(3-9-4)7(12)13/h2-3H,1H3,(H,8,11)(H,12,13). The van der Waals surface area contributed by atoms with E-state index >= 15 is 0 Å². The molecule has 0 saturated carbocycles. The molecule has 0 unspecified atom stereocenters. The number of nitrogens with one attached hydrogen (secondary N) is 1. The molecule has 0 saturated heterocycles. The van der Waals surface area contributed by atoms with Gasteiger partial charge in [0.2, 0.25) is 5.12 Å². The maximum Gasteiger partial charge on any atom is 0.271 e. The first-order valence-corrected chi connectivity index (χ1v) is 3.87. The zero-order valence-electron chi connectivity index (χ0n) is 6.81. The summed E-state index contributed by atoms with van der Waals surface area (Å²) in [7, 11) is 1.49. The van der Waals surface area contributed by atoms with Gasteiger partial charge in [0.1, 0.15) is 11.4 Å². The van der Waals surface area contributed by atoms with E-state index in [1.54, 1.807) is 0 Å². The van der Waals surface area contributed by atoms with Crippen molar-refractivity contribution in [2.45, 2.75) is 0 Å². The fraction of sp³-hybridized carbons (Fsp3) is 0.143. The van der Waals surface area contributed by atoms with Gasteiger partial charge in [-0.25, -0.2) is 9.97 Å². The van der Waals surface area contributed by atoms with Crippen molar-refractivity contribution in [1.29, 1.82) is 0 Å². The number of carbonyl (C=O) groups is 2. The lowest BCUT2D eigenvalue weighted by molar-refractivity contribution is 0.0956. The molecule has 1 aromatic rings. The van der Waals surface area contributed by atoms with Crippen molar-refractivity contribution in [3.63, 3.8) is 0 Å². The van der Waals surface area contributed by atoms with Gasteiger partial charge in [0.05, 0.1) is 12.4 Å². The van der Waals surface area contributed by atoms with Gasteiger partial charge in [0, 0.05) is 7.05 Å². The van der Waals surface area contributed by atoms with Crippen LogP contribution >= 0.6 is 12.6 Å². The van der Waals surface area contributed by atoms with E-state index in [4.69, 9.17) is 0 Å². The molecule has 1 amide bonds. The van der Waals surface area contributed by atoms with Crippen LogP contribution in [0.25, 0.3) is 0 Å². The van der Waals surface area contributed by atoms with Crippen LogP contribution < -0.4 is 5.32 Å². The Morgan fingerprint density at radius 2 is 1.85 bits per heavy atom. The van der Waals surface area contributed by atoms with Crippen molar-refractivity contribution in [3.05, 3.63) is 23.8 Å². The third-order valence-corrected chi connectivity index (χ3v) is 1.56. The van der Waals surface area contributed by atoms with Crippen molar-refractivity contribution >= 4 is 23.7 Å². The van der Waals surface area contributed by atoms with E-state index in [1.807, 2.05) is 0 Å². The van der Waals surface area contributed by atoms with Gasteiger partial charge in [0.25, 0.3) is 5.91 Å². The summed E-state index contributed by atoms with van der Waals surface area (Å²) in [6, 6.07) is 0. The Morgan fingerprint density at radius 3 is 2.23 bits per heavy atom. The van der Waals surface area contributed by atoms with Crippen molar-refractivity contribution in [3.8, 4) is 0 Å². The summed E-state index contributed by atoms with van der Waals surface area (Å²) >= 11 is 3.55. The zero-order valence-corrected chi connectivity index (χ0v) is 7.71. The number of hydrogen-bond acceptors (Lipinski definition) is 4. The Hall–Kier alpha value is -1.43. The van der Waals surface area contributed by atoms with E-state index in [2.05, 4.69) is 27.9 Å². The van der Waals surface area contributed by atoms with E-state index in [9.17, 15) is 9.59 Å². The third-order valence-electron chi connectivity index (χ3n) is 1.33. The molecule has 0 atom stereocenters. The Balaban J connectivity index is 2.93. The highest BCUT2D eigenvalue weighted by molar-refractivity contribution is 7.97. The van der Waals surface area contributed by atoms with Crippen molar-refractivity contribution < 1.29 is 9.59 Å². The van der Waals surface area contributed by atoms with Crippen LogP contribution in [0.15, 0.2) is 12.4 Å². The molecule has 13 heavy (non-hydrogen) atoms. The molecule has 0 aliphatic carbocycles. The smallest absolute Gasteiger partial charge is 0.271 e. The van der Waals surface area contributed by atoms with E-state index in [0.29, 0.717) is 0 Å².